The monoisotopic (exact) mass is 266 g/mol. The normalized spacial score (nSPS) is 16.6. The second-order valence-electron chi connectivity index (χ2n) is 4.47. The zero-order valence-corrected chi connectivity index (χ0v) is 12.0. The van der Waals surface area contributed by atoms with E-state index in [1.165, 1.54) is 24.3 Å². The molecule has 2 heterocycles. The van der Waals surface area contributed by atoms with Crippen molar-refractivity contribution in [2.75, 3.05) is 28.7 Å². The van der Waals surface area contributed by atoms with Crippen LogP contribution in [0.15, 0.2) is 6.07 Å². The van der Waals surface area contributed by atoms with E-state index in [0.717, 1.165) is 30.4 Å². The van der Waals surface area contributed by atoms with Crippen LogP contribution in [0.2, 0.25) is 0 Å². The fraction of sp³-hybridized carbons (Fsp3) is 0.692. The predicted molar refractivity (Wildman–Crippen MR) is 79.5 cm³/mol. The summed E-state index contributed by atoms with van der Waals surface area (Å²) in [5.41, 5.74) is 0. The van der Waals surface area contributed by atoms with Crippen LogP contribution in [0.3, 0.4) is 0 Å². The number of hydrogen-bond donors (Lipinski definition) is 2. The number of aromatic nitrogens is 2. The van der Waals surface area contributed by atoms with Gasteiger partial charge in [-0.2, -0.15) is 11.8 Å². The topological polar surface area (TPSA) is 49.8 Å². The lowest BCUT2D eigenvalue weighted by molar-refractivity contribution is 0.662. The molecule has 0 aliphatic carbocycles. The molecule has 2 N–H and O–H groups in total. The minimum Gasteiger partial charge on any atom is -0.370 e. The van der Waals surface area contributed by atoms with Crippen LogP contribution in [0.4, 0.5) is 11.6 Å². The van der Waals surface area contributed by atoms with E-state index in [4.69, 9.17) is 0 Å². The zero-order valence-electron chi connectivity index (χ0n) is 11.2. The Morgan fingerprint density at radius 2 is 1.94 bits per heavy atom. The second-order valence-corrected chi connectivity index (χ2v) is 5.69. The summed E-state index contributed by atoms with van der Waals surface area (Å²) in [6.07, 6.45) is 3.33. The van der Waals surface area contributed by atoms with Crippen LogP contribution in [-0.2, 0) is 6.42 Å². The molecule has 5 heteroatoms. The predicted octanol–water partition coefficient (Wildman–Crippen LogP) is 2.78. The van der Waals surface area contributed by atoms with Gasteiger partial charge in [0.2, 0.25) is 0 Å². The van der Waals surface area contributed by atoms with Gasteiger partial charge in [-0.15, -0.1) is 0 Å². The van der Waals surface area contributed by atoms with Gasteiger partial charge in [0.15, 0.2) is 0 Å². The van der Waals surface area contributed by atoms with E-state index in [9.17, 15) is 0 Å². The Morgan fingerprint density at radius 3 is 2.61 bits per heavy atom. The molecule has 18 heavy (non-hydrogen) atoms. The van der Waals surface area contributed by atoms with Gasteiger partial charge in [0, 0.05) is 25.1 Å². The molecule has 1 fully saturated rings. The molecule has 0 spiro atoms. The summed E-state index contributed by atoms with van der Waals surface area (Å²) >= 11 is 2.04. The first kappa shape index (κ1) is 13.5. The minimum absolute atomic E-state index is 0.570. The van der Waals surface area contributed by atoms with Crippen molar-refractivity contribution in [3.05, 3.63) is 11.9 Å². The summed E-state index contributed by atoms with van der Waals surface area (Å²) in [7, 11) is 0. The minimum atomic E-state index is 0.570. The van der Waals surface area contributed by atoms with Crippen LogP contribution in [0.25, 0.3) is 0 Å². The van der Waals surface area contributed by atoms with E-state index in [2.05, 4.69) is 34.4 Å². The Hall–Kier alpha value is -0.970. The number of nitrogens with one attached hydrogen (secondary N) is 2. The zero-order chi connectivity index (χ0) is 12.8. The first-order valence-corrected chi connectivity index (χ1v) is 7.93. The molecule has 1 saturated heterocycles. The molecule has 0 saturated carbocycles. The Kier molecular flexibility index (Phi) is 5.11. The fourth-order valence-corrected chi connectivity index (χ4v) is 3.16. The van der Waals surface area contributed by atoms with Crippen molar-refractivity contribution in [2.45, 2.75) is 39.2 Å². The van der Waals surface area contributed by atoms with E-state index in [1.807, 2.05) is 17.8 Å². The number of nitrogens with zero attached hydrogens (tertiary/aromatic N) is 2. The maximum atomic E-state index is 4.56. The summed E-state index contributed by atoms with van der Waals surface area (Å²) in [6.45, 7) is 5.06. The van der Waals surface area contributed by atoms with Gasteiger partial charge in [0.05, 0.1) is 0 Å². The van der Waals surface area contributed by atoms with Crippen molar-refractivity contribution in [2.24, 2.45) is 0 Å². The number of rotatable bonds is 5. The Bertz CT molecular complexity index is 377. The van der Waals surface area contributed by atoms with Crippen molar-refractivity contribution in [3.63, 3.8) is 0 Å². The molecule has 2 rings (SSSR count). The number of aryl methyl sites for hydroxylation is 1. The van der Waals surface area contributed by atoms with E-state index >= 15 is 0 Å². The van der Waals surface area contributed by atoms with Gasteiger partial charge in [-0.3, -0.25) is 0 Å². The van der Waals surface area contributed by atoms with Crippen molar-refractivity contribution in [3.8, 4) is 0 Å². The van der Waals surface area contributed by atoms with E-state index < -0.39 is 0 Å². The van der Waals surface area contributed by atoms with E-state index in [0.29, 0.717) is 6.04 Å². The maximum Gasteiger partial charge on any atom is 0.132 e. The van der Waals surface area contributed by atoms with Crippen LogP contribution in [0.1, 0.15) is 32.5 Å². The maximum absolute atomic E-state index is 4.56. The first-order valence-electron chi connectivity index (χ1n) is 6.78. The van der Waals surface area contributed by atoms with Crippen molar-refractivity contribution in [1.29, 1.82) is 0 Å². The Morgan fingerprint density at radius 1 is 1.22 bits per heavy atom. The molecule has 0 bridgehead atoms. The molecule has 100 valence electrons. The highest BCUT2D eigenvalue weighted by Gasteiger charge is 2.14. The highest BCUT2D eigenvalue weighted by atomic mass is 32.2. The molecular formula is C13H22N4S. The highest BCUT2D eigenvalue weighted by molar-refractivity contribution is 7.99. The van der Waals surface area contributed by atoms with Gasteiger partial charge in [0.25, 0.3) is 0 Å². The molecule has 0 aromatic carbocycles. The molecule has 0 atom stereocenters. The van der Waals surface area contributed by atoms with Crippen molar-refractivity contribution < 1.29 is 0 Å². The first-order chi connectivity index (χ1) is 8.81. The molecule has 1 aliphatic rings. The quantitative estimate of drug-likeness (QED) is 0.858. The Labute approximate surface area is 113 Å². The van der Waals surface area contributed by atoms with E-state index in [1.54, 1.807) is 0 Å². The van der Waals surface area contributed by atoms with Gasteiger partial charge >= 0.3 is 0 Å². The van der Waals surface area contributed by atoms with Crippen LogP contribution in [0, 0.1) is 0 Å². The summed E-state index contributed by atoms with van der Waals surface area (Å²) < 4.78 is 0. The standard InChI is InChI=1S/C13H22N4S/c1-3-11-16-12(14-4-2)9-13(17-11)15-10-5-7-18-8-6-10/h9-10H,3-8H2,1-2H3,(H2,14,15,16,17). The molecule has 1 aliphatic heterocycles. The second kappa shape index (κ2) is 6.83. The summed E-state index contributed by atoms with van der Waals surface area (Å²) in [5.74, 6) is 5.31. The molecule has 0 radical (unpaired) electrons. The smallest absolute Gasteiger partial charge is 0.132 e. The number of hydrogen-bond acceptors (Lipinski definition) is 5. The summed E-state index contributed by atoms with van der Waals surface area (Å²) in [5, 5.41) is 6.81. The lowest BCUT2D eigenvalue weighted by Crippen LogP contribution is -2.25. The SMILES string of the molecule is CCNc1cc(NC2CCSCC2)nc(CC)n1. The number of thioether (sulfide) groups is 1. The summed E-state index contributed by atoms with van der Waals surface area (Å²) in [6, 6.07) is 2.59. The molecule has 0 amide bonds. The lowest BCUT2D eigenvalue weighted by atomic mass is 10.1. The molecule has 4 nitrogen and oxygen atoms in total. The third-order valence-electron chi connectivity index (χ3n) is 3.02. The van der Waals surface area contributed by atoms with Crippen LogP contribution in [0.5, 0.6) is 0 Å². The van der Waals surface area contributed by atoms with Crippen molar-refractivity contribution in [1.82, 2.24) is 9.97 Å². The van der Waals surface area contributed by atoms with Crippen LogP contribution < -0.4 is 10.6 Å². The molecule has 1 aromatic heterocycles. The van der Waals surface area contributed by atoms with Gasteiger partial charge in [-0.25, -0.2) is 9.97 Å². The molecule has 0 unspecified atom stereocenters. The highest BCUT2D eigenvalue weighted by Crippen LogP contribution is 2.21. The third kappa shape index (κ3) is 3.77. The Balaban J connectivity index is 2.07. The van der Waals surface area contributed by atoms with E-state index in [-0.39, 0.29) is 0 Å². The van der Waals surface area contributed by atoms with Gasteiger partial charge in [-0.1, -0.05) is 6.92 Å². The van der Waals surface area contributed by atoms with Gasteiger partial charge in [0.1, 0.15) is 17.5 Å². The molecule has 1 aromatic rings. The van der Waals surface area contributed by atoms with Crippen LogP contribution in [-0.4, -0.2) is 34.1 Å². The average Bonchev–Trinajstić information content (AvgIpc) is 2.40. The van der Waals surface area contributed by atoms with Gasteiger partial charge in [-0.05, 0) is 31.3 Å². The third-order valence-corrected chi connectivity index (χ3v) is 4.07. The fourth-order valence-electron chi connectivity index (χ4n) is 2.05. The van der Waals surface area contributed by atoms with Gasteiger partial charge < -0.3 is 10.6 Å². The average molecular weight is 266 g/mol. The largest absolute Gasteiger partial charge is 0.370 e. The molecular weight excluding hydrogens is 244 g/mol. The number of anilines is 2. The van der Waals surface area contributed by atoms with Crippen molar-refractivity contribution >= 4 is 23.4 Å². The van der Waals surface area contributed by atoms with Crippen LogP contribution >= 0.6 is 11.8 Å². The summed E-state index contributed by atoms with van der Waals surface area (Å²) in [4.78, 5) is 9.03. The lowest BCUT2D eigenvalue weighted by Gasteiger charge is -2.23.